The summed E-state index contributed by atoms with van der Waals surface area (Å²) in [5, 5.41) is 1.67. The van der Waals surface area contributed by atoms with Crippen molar-refractivity contribution < 1.29 is 14.4 Å². The first-order valence-corrected chi connectivity index (χ1v) is 14.5. The zero-order valence-electron chi connectivity index (χ0n) is 21.7. The molecule has 2 aliphatic rings. The molecule has 4 aromatic rings. The third kappa shape index (κ3) is 4.94. The summed E-state index contributed by atoms with van der Waals surface area (Å²) in [6.07, 6.45) is 2.53. The molecule has 0 radical (unpaired) electrons. The molecule has 2 aliphatic heterocycles. The molecular formula is C31H25Cl2N3O3S. The quantitative estimate of drug-likeness (QED) is 0.237. The van der Waals surface area contributed by atoms with Crippen LogP contribution in [0.3, 0.4) is 0 Å². The van der Waals surface area contributed by atoms with Crippen molar-refractivity contribution in [3.05, 3.63) is 110 Å². The van der Waals surface area contributed by atoms with E-state index in [0.29, 0.717) is 34.6 Å². The zero-order valence-corrected chi connectivity index (χ0v) is 24.0. The SMILES string of the molecule is Cc1c(/C=C2\SC(=O)N(CC(=O)N3CCc4ccccc4C3)C2=O)c2ccccc2n1Cc1ccc(Cl)cc1Cl. The lowest BCUT2D eigenvalue weighted by Crippen LogP contribution is -2.44. The van der Waals surface area contributed by atoms with Gasteiger partial charge in [0.05, 0.1) is 4.91 Å². The van der Waals surface area contributed by atoms with Gasteiger partial charge in [-0.2, -0.15) is 0 Å². The van der Waals surface area contributed by atoms with E-state index in [1.807, 2.05) is 61.5 Å². The number of fused-ring (bicyclic) bond motifs is 2. The van der Waals surface area contributed by atoms with Crippen molar-refractivity contribution in [3.63, 3.8) is 0 Å². The average Bonchev–Trinajstić information content (AvgIpc) is 3.37. The molecule has 6 rings (SSSR count). The highest BCUT2D eigenvalue weighted by Gasteiger charge is 2.38. The van der Waals surface area contributed by atoms with Gasteiger partial charge in [0.15, 0.2) is 0 Å². The van der Waals surface area contributed by atoms with Gasteiger partial charge < -0.3 is 9.47 Å². The van der Waals surface area contributed by atoms with Gasteiger partial charge in [-0.1, -0.05) is 71.7 Å². The van der Waals surface area contributed by atoms with Crippen LogP contribution in [0.25, 0.3) is 17.0 Å². The number of imide groups is 1. The molecule has 1 fully saturated rings. The lowest BCUT2D eigenvalue weighted by atomic mass is 10.00. The Bertz CT molecular complexity index is 1730. The molecule has 0 N–H and O–H groups in total. The van der Waals surface area contributed by atoms with Gasteiger partial charge in [-0.3, -0.25) is 19.3 Å². The third-order valence-corrected chi connectivity index (χ3v) is 9.04. The molecule has 1 aromatic heterocycles. The van der Waals surface area contributed by atoms with Crippen molar-refractivity contribution in [1.29, 1.82) is 0 Å². The molecule has 3 heterocycles. The first kappa shape index (κ1) is 26.7. The Kier molecular flexibility index (Phi) is 7.21. The minimum Gasteiger partial charge on any atom is -0.340 e. The molecule has 0 unspecified atom stereocenters. The predicted molar refractivity (Wildman–Crippen MR) is 160 cm³/mol. The van der Waals surface area contributed by atoms with E-state index >= 15 is 0 Å². The van der Waals surface area contributed by atoms with Crippen LogP contribution in [0.15, 0.2) is 71.6 Å². The average molecular weight is 591 g/mol. The predicted octanol–water partition coefficient (Wildman–Crippen LogP) is 6.93. The molecule has 202 valence electrons. The number of hydrogen-bond acceptors (Lipinski definition) is 4. The number of benzene rings is 3. The van der Waals surface area contributed by atoms with E-state index in [1.165, 1.54) is 5.56 Å². The molecule has 3 aromatic carbocycles. The van der Waals surface area contributed by atoms with Crippen LogP contribution in [0.5, 0.6) is 0 Å². The summed E-state index contributed by atoms with van der Waals surface area (Å²) in [6, 6.07) is 21.4. The van der Waals surface area contributed by atoms with Gasteiger partial charge in [-0.25, -0.2) is 0 Å². The van der Waals surface area contributed by atoms with E-state index in [-0.39, 0.29) is 12.5 Å². The number of para-hydroxylation sites is 1. The van der Waals surface area contributed by atoms with Gasteiger partial charge in [0.1, 0.15) is 6.54 Å². The molecule has 0 bridgehead atoms. The molecule has 3 amide bonds. The van der Waals surface area contributed by atoms with E-state index in [0.717, 1.165) is 56.4 Å². The number of amides is 3. The van der Waals surface area contributed by atoms with E-state index in [4.69, 9.17) is 23.2 Å². The van der Waals surface area contributed by atoms with Crippen molar-refractivity contribution in [2.45, 2.75) is 26.4 Å². The number of carbonyl (C=O) groups excluding carboxylic acids is 3. The highest BCUT2D eigenvalue weighted by molar-refractivity contribution is 8.18. The number of thioether (sulfide) groups is 1. The monoisotopic (exact) mass is 589 g/mol. The van der Waals surface area contributed by atoms with Crippen LogP contribution in [0.4, 0.5) is 4.79 Å². The Morgan fingerprint density at radius 2 is 1.75 bits per heavy atom. The summed E-state index contributed by atoms with van der Waals surface area (Å²) in [6.45, 7) is 3.29. The van der Waals surface area contributed by atoms with Crippen LogP contribution in [0.2, 0.25) is 10.0 Å². The van der Waals surface area contributed by atoms with Crippen molar-refractivity contribution in [3.8, 4) is 0 Å². The standard InChI is InChI=1S/C31H25Cl2N3O3S/c1-19-25(24-8-4-5-9-27(24)35(19)17-22-10-11-23(32)14-26(22)33)15-28-30(38)36(31(39)40-28)18-29(37)34-13-12-20-6-2-3-7-21(20)16-34/h2-11,14-15H,12-13,16-18H2,1H3/b28-15-. The molecule has 40 heavy (non-hydrogen) atoms. The highest BCUT2D eigenvalue weighted by Crippen LogP contribution is 2.36. The lowest BCUT2D eigenvalue weighted by Gasteiger charge is -2.29. The number of halogens is 2. The van der Waals surface area contributed by atoms with E-state index in [1.54, 1.807) is 17.0 Å². The summed E-state index contributed by atoms with van der Waals surface area (Å²) in [7, 11) is 0. The van der Waals surface area contributed by atoms with Gasteiger partial charge in [-0.05, 0) is 66.1 Å². The van der Waals surface area contributed by atoms with Gasteiger partial charge in [-0.15, -0.1) is 0 Å². The molecule has 1 saturated heterocycles. The van der Waals surface area contributed by atoms with Crippen LogP contribution in [-0.4, -0.2) is 44.5 Å². The lowest BCUT2D eigenvalue weighted by molar-refractivity contribution is -0.136. The summed E-state index contributed by atoms with van der Waals surface area (Å²) in [5.74, 6) is -0.677. The largest absolute Gasteiger partial charge is 0.340 e. The molecule has 0 aliphatic carbocycles. The fraction of sp³-hybridized carbons (Fsp3) is 0.194. The maximum Gasteiger partial charge on any atom is 0.294 e. The Morgan fingerprint density at radius 3 is 2.55 bits per heavy atom. The second-order valence-electron chi connectivity index (χ2n) is 9.94. The molecule has 0 atom stereocenters. The van der Waals surface area contributed by atoms with Crippen LogP contribution >= 0.6 is 35.0 Å². The van der Waals surface area contributed by atoms with Gasteiger partial charge in [0, 0.05) is 51.8 Å². The Balaban J connectivity index is 1.26. The normalized spacial score (nSPS) is 16.3. The van der Waals surface area contributed by atoms with E-state index in [9.17, 15) is 14.4 Å². The summed E-state index contributed by atoms with van der Waals surface area (Å²) in [4.78, 5) is 42.4. The number of aromatic nitrogens is 1. The zero-order chi connectivity index (χ0) is 28.0. The van der Waals surface area contributed by atoms with Gasteiger partial charge in [0.2, 0.25) is 5.91 Å². The Labute approximate surface area is 246 Å². The Morgan fingerprint density at radius 1 is 1.00 bits per heavy atom. The fourth-order valence-electron chi connectivity index (χ4n) is 5.38. The number of carbonyl (C=O) groups is 3. The highest BCUT2D eigenvalue weighted by atomic mass is 35.5. The second-order valence-corrected chi connectivity index (χ2v) is 11.8. The fourth-order valence-corrected chi connectivity index (χ4v) is 6.66. The summed E-state index contributed by atoms with van der Waals surface area (Å²) < 4.78 is 2.14. The van der Waals surface area contributed by atoms with Crippen molar-refractivity contribution in [1.82, 2.24) is 14.4 Å². The molecule has 9 heteroatoms. The number of rotatable bonds is 5. The number of hydrogen-bond donors (Lipinski definition) is 0. The van der Waals surface area contributed by atoms with Gasteiger partial charge in [0.25, 0.3) is 11.1 Å². The third-order valence-electron chi connectivity index (χ3n) is 7.55. The van der Waals surface area contributed by atoms with Gasteiger partial charge >= 0.3 is 0 Å². The minimum atomic E-state index is -0.447. The number of nitrogens with zero attached hydrogens (tertiary/aromatic N) is 3. The van der Waals surface area contributed by atoms with Crippen LogP contribution < -0.4 is 0 Å². The molecule has 6 nitrogen and oxygen atoms in total. The smallest absolute Gasteiger partial charge is 0.294 e. The van der Waals surface area contributed by atoms with Crippen molar-refractivity contribution in [2.24, 2.45) is 0 Å². The van der Waals surface area contributed by atoms with Crippen molar-refractivity contribution >= 4 is 69.0 Å². The molecule has 0 saturated carbocycles. The summed E-state index contributed by atoms with van der Waals surface area (Å²) >= 11 is 13.4. The van der Waals surface area contributed by atoms with E-state index in [2.05, 4.69) is 10.6 Å². The second kappa shape index (κ2) is 10.8. The van der Waals surface area contributed by atoms with Crippen LogP contribution in [0, 0.1) is 6.92 Å². The van der Waals surface area contributed by atoms with Crippen molar-refractivity contribution in [2.75, 3.05) is 13.1 Å². The first-order chi connectivity index (χ1) is 19.3. The first-order valence-electron chi connectivity index (χ1n) is 12.9. The topological polar surface area (TPSA) is 62.6 Å². The van der Waals surface area contributed by atoms with Crippen LogP contribution in [-0.2, 0) is 29.1 Å². The summed E-state index contributed by atoms with van der Waals surface area (Å²) in [5.41, 5.74) is 6.02. The molecular weight excluding hydrogens is 565 g/mol. The molecule has 0 spiro atoms. The maximum absolute atomic E-state index is 13.4. The Hall–Kier alpha value is -3.52. The minimum absolute atomic E-state index is 0.231. The van der Waals surface area contributed by atoms with E-state index < -0.39 is 11.1 Å². The maximum atomic E-state index is 13.4. The van der Waals surface area contributed by atoms with Crippen LogP contribution in [0.1, 0.15) is 27.9 Å².